The van der Waals surface area contributed by atoms with Crippen LogP contribution in [0.2, 0.25) is 0 Å². The van der Waals surface area contributed by atoms with Crippen LogP contribution in [0.3, 0.4) is 0 Å². The Labute approximate surface area is 181 Å². The smallest absolute Gasteiger partial charge is 0.343 e. The number of hydrazone groups is 1. The average molecular weight is 416 g/mol. The number of hydrogen-bond donors (Lipinski definition) is 1. The third-order valence-corrected chi connectivity index (χ3v) is 4.42. The molecule has 3 rings (SSSR count). The van der Waals surface area contributed by atoms with Crippen molar-refractivity contribution in [2.45, 2.75) is 20.3 Å². The molecule has 0 saturated heterocycles. The molecule has 31 heavy (non-hydrogen) atoms. The second-order valence-corrected chi connectivity index (χ2v) is 6.85. The number of benzene rings is 3. The molecular weight excluding hydrogens is 392 g/mol. The Kier molecular flexibility index (Phi) is 7.54. The Balaban J connectivity index is 1.53. The fraction of sp³-hybridized carbons (Fsp3) is 0.160. The van der Waals surface area contributed by atoms with Crippen molar-refractivity contribution < 1.29 is 19.1 Å². The van der Waals surface area contributed by atoms with Crippen molar-refractivity contribution in [2.24, 2.45) is 5.10 Å². The van der Waals surface area contributed by atoms with Gasteiger partial charge in [0, 0.05) is 5.56 Å². The van der Waals surface area contributed by atoms with Crippen LogP contribution in [0.15, 0.2) is 77.9 Å². The van der Waals surface area contributed by atoms with E-state index < -0.39 is 5.97 Å². The summed E-state index contributed by atoms with van der Waals surface area (Å²) < 4.78 is 10.9. The molecule has 1 amide bonds. The van der Waals surface area contributed by atoms with Crippen LogP contribution in [-0.2, 0) is 0 Å². The Hall–Kier alpha value is -3.93. The first kappa shape index (κ1) is 21.8. The van der Waals surface area contributed by atoms with Gasteiger partial charge in [-0.05, 0) is 79.1 Å². The highest BCUT2D eigenvalue weighted by atomic mass is 16.5. The van der Waals surface area contributed by atoms with E-state index in [1.807, 2.05) is 26.0 Å². The lowest BCUT2D eigenvalue weighted by molar-refractivity contribution is 0.0734. The van der Waals surface area contributed by atoms with Gasteiger partial charge in [-0.2, -0.15) is 5.10 Å². The topological polar surface area (TPSA) is 77.0 Å². The van der Waals surface area contributed by atoms with Gasteiger partial charge in [0.25, 0.3) is 5.91 Å². The van der Waals surface area contributed by atoms with E-state index in [2.05, 4.69) is 10.5 Å². The SMILES string of the molecule is CCCOc1ccc(C(=O)Oc2ccc(/C=N\NC(=O)c3ccccc3C)cc2)cc1. The summed E-state index contributed by atoms with van der Waals surface area (Å²) in [6, 6.07) is 21.0. The molecule has 0 bridgehead atoms. The van der Waals surface area contributed by atoms with Crippen LogP contribution in [0.4, 0.5) is 0 Å². The van der Waals surface area contributed by atoms with Crippen LogP contribution in [-0.4, -0.2) is 24.7 Å². The number of ether oxygens (including phenoxy) is 2. The summed E-state index contributed by atoms with van der Waals surface area (Å²) in [6.45, 7) is 4.53. The number of amides is 1. The Morgan fingerprint density at radius 3 is 2.29 bits per heavy atom. The van der Waals surface area contributed by atoms with Gasteiger partial charge in [-0.1, -0.05) is 25.1 Å². The van der Waals surface area contributed by atoms with E-state index in [1.54, 1.807) is 60.7 Å². The highest BCUT2D eigenvalue weighted by Gasteiger charge is 2.09. The number of nitrogens with zero attached hydrogens (tertiary/aromatic N) is 1. The van der Waals surface area contributed by atoms with Crippen molar-refractivity contribution in [1.29, 1.82) is 0 Å². The molecule has 0 spiro atoms. The highest BCUT2D eigenvalue weighted by molar-refractivity contribution is 5.96. The summed E-state index contributed by atoms with van der Waals surface area (Å²) in [4.78, 5) is 24.4. The van der Waals surface area contributed by atoms with Crippen molar-refractivity contribution in [3.05, 3.63) is 95.1 Å². The zero-order valence-corrected chi connectivity index (χ0v) is 17.5. The van der Waals surface area contributed by atoms with Gasteiger partial charge in [-0.15, -0.1) is 0 Å². The molecular formula is C25H24N2O4. The molecule has 3 aromatic rings. The van der Waals surface area contributed by atoms with Crippen LogP contribution in [0.25, 0.3) is 0 Å². The first-order valence-electron chi connectivity index (χ1n) is 10.0. The summed E-state index contributed by atoms with van der Waals surface area (Å²) in [7, 11) is 0. The monoisotopic (exact) mass is 416 g/mol. The van der Waals surface area contributed by atoms with E-state index in [0.29, 0.717) is 23.5 Å². The molecule has 6 nitrogen and oxygen atoms in total. The second kappa shape index (κ2) is 10.7. The van der Waals surface area contributed by atoms with Crippen LogP contribution in [0.1, 0.15) is 45.2 Å². The predicted molar refractivity (Wildman–Crippen MR) is 120 cm³/mol. The fourth-order valence-electron chi connectivity index (χ4n) is 2.75. The van der Waals surface area contributed by atoms with E-state index in [1.165, 1.54) is 6.21 Å². The lowest BCUT2D eigenvalue weighted by atomic mass is 10.1. The van der Waals surface area contributed by atoms with E-state index in [9.17, 15) is 9.59 Å². The number of hydrogen-bond acceptors (Lipinski definition) is 5. The minimum atomic E-state index is -0.450. The van der Waals surface area contributed by atoms with Gasteiger partial charge in [-0.3, -0.25) is 4.79 Å². The van der Waals surface area contributed by atoms with Crippen LogP contribution >= 0.6 is 0 Å². The first-order chi connectivity index (χ1) is 15.1. The number of nitrogens with one attached hydrogen (secondary N) is 1. The molecule has 1 N–H and O–H groups in total. The van der Waals surface area contributed by atoms with Crippen molar-refractivity contribution in [3.8, 4) is 11.5 Å². The quantitative estimate of drug-likeness (QED) is 0.248. The standard InChI is InChI=1S/C25H24N2O4/c1-3-16-30-21-14-10-20(11-15-21)25(29)31-22-12-8-19(9-13-22)17-26-27-24(28)23-7-5-4-6-18(23)2/h4-15,17H,3,16H2,1-2H3,(H,27,28)/b26-17-. The Morgan fingerprint density at radius 2 is 1.61 bits per heavy atom. The van der Waals surface area contributed by atoms with Crippen LogP contribution in [0.5, 0.6) is 11.5 Å². The van der Waals surface area contributed by atoms with Gasteiger partial charge in [0.1, 0.15) is 11.5 Å². The first-order valence-corrected chi connectivity index (χ1v) is 10.0. The van der Waals surface area contributed by atoms with Gasteiger partial charge in [-0.25, -0.2) is 10.2 Å². The van der Waals surface area contributed by atoms with Crippen molar-refractivity contribution in [1.82, 2.24) is 5.43 Å². The molecule has 6 heteroatoms. The van der Waals surface area contributed by atoms with Gasteiger partial charge in [0.2, 0.25) is 0 Å². The van der Waals surface area contributed by atoms with E-state index in [0.717, 1.165) is 23.3 Å². The molecule has 0 aliphatic rings. The molecule has 3 aromatic carbocycles. The van der Waals surface area contributed by atoms with E-state index in [-0.39, 0.29) is 5.91 Å². The van der Waals surface area contributed by atoms with Gasteiger partial charge in [0.15, 0.2) is 0 Å². The van der Waals surface area contributed by atoms with E-state index in [4.69, 9.17) is 9.47 Å². The van der Waals surface area contributed by atoms with Crippen LogP contribution < -0.4 is 14.9 Å². The molecule has 0 atom stereocenters. The van der Waals surface area contributed by atoms with Crippen LogP contribution in [0, 0.1) is 6.92 Å². The van der Waals surface area contributed by atoms with Crippen molar-refractivity contribution >= 4 is 18.1 Å². The third kappa shape index (κ3) is 6.27. The molecule has 0 aliphatic carbocycles. The summed E-state index contributed by atoms with van der Waals surface area (Å²) >= 11 is 0. The zero-order valence-electron chi connectivity index (χ0n) is 17.5. The summed E-state index contributed by atoms with van der Waals surface area (Å²) in [5.41, 5.74) is 5.15. The molecule has 0 saturated carbocycles. The number of aryl methyl sites for hydroxylation is 1. The normalized spacial score (nSPS) is 10.6. The van der Waals surface area contributed by atoms with Gasteiger partial charge < -0.3 is 9.47 Å². The summed E-state index contributed by atoms with van der Waals surface area (Å²) in [5.74, 6) is 0.411. The zero-order chi connectivity index (χ0) is 22.1. The lowest BCUT2D eigenvalue weighted by Crippen LogP contribution is -2.18. The fourth-order valence-corrected chi connectivity index (χ4v) is 2.75. The molecule has 0 aromatic heterocycles. The molecule has 0 fully saturated rings. The largest absolute Gasteiger partial charge is 0.494 e. The minimum absolute atomic E-state index is 0.272. The molecule has 0 radical (unpaired) electrons. The number of esters is 1. The molecule has 158 valence electrons. The molecule has 0 aliphatic heterocycles. The Morgan fingerprint density at radius 1 is 0.935 bits per heavy atom. The maximum atomic E-state index is 12.3. The minimum Gasteiger partial charge on any atom is -0.494 e. The number of carbonyl (C=O) groups is 2. The number of rotatable bonds is 8. The van der Waals surface area contributed by atoms with Gasteiger partial charge in [0.05, 0.1) is 18.4 Å². The second-order valence-electron chi connectivity index (χ2n) is 6.85. The summed E-state index contributed by atoms with van der Waals surface area (Å²) in [5, 5.41) is 3.98. The summed E-state index contributed by atoms with van der Waals surface area (Å²) in [6.07, 6.45) is 2.44. The molecule has 0 unspecified atom stereocenters. The lowest BCUT2D eigenvalue weighted by Gasteiger charge is -2.07. The maximum absolute atomic E-state index is 12.3. The maximum Gasteiger partial charge on any atom is 0.343 e. The molecule has 0 heterocycles. The van der Waals surface area contributed by atoms with Crippen molar-refractivity contribution in [2.75, 3.05) is 6.61 Å². The number of carbonyl (C=O) groups excluding carboxylic acids is 2. The van der Waals surface area contributed by atoms with E-state index >= 15 is 0 Å². The Bertz CT molecular complexity index is 1060. The third-order valence-electron chi connectivity index (χ3n) is 4.42. The van der Waals surface area contributed by atoms with Crippen molar-refractivity contribution in [3.63, 3.8) is 0 Å². The highest BCUT2D eigenvalue weighted by Crippen LogP contribution is 2.16. The average Bonchev–Trinajstić information content (AvgIpc) is 2.79. The predicted octanol–water partition coefficient (Wildman–Crippen LogP) is 4.77. The van der Waals surface area contributed by atoms with Gasteiger partial charge >= 0.3 is 5.97 Å².